The van der Waals surface area contributed by atoms with Crippen molar-refractivity contribution >= 4 is 0 Å². The van der Waals surface area contributed by atoms with E-state index in [9.17, 15) is 0 Å². The number of hydrogen-bond acceptors (Lipinski definition) is 5. The summed E-state index contributed by atoms with van der Waals surface area (Å²) in [4.78, 5) is 8.58. The molecule has 0 radical (unpaired) electrons. The van der Waals surface area contributed by atoms with Gasteiger partial charge in [-0.1, -0.05) is 19.0 Å². The number of fused-ring (bicyclic) bond motifs is 1. The molecule has 24 heavy (non-hydrogen) atoms. The molecular formula is C18H21N5O. The summed E-state index contributed by atoms with van der Waals surface area (Å²) < 4.78 is 7.61. The zero-order valence-corrected chi connectivity index (χ0v) is 14.3. The van der Waals surface area contributed by atoms with E-state index < -0.39 is 0 Å². The van der Waals surface area contributed by atoms with Crippen molar-refractivity contribution in [2.45, 2.75) is 46.6 Å². The molecule has 4 rings (SSSR count). The molecule has 0 N–H and O–H groups in total. The van der Waals surface area contributed by atoms with Crippen molar-refractivity contribution in [1.82, 2.24) is 24.9 Å². The summed E-state index contributed by atoms with van der Waals surface area (Å²) >= 11 is 0. The third-order valence-electron chi connectivity index (χ3n) is 4.73. The first-order chi connectivity index (χ1) is 11.6. The number of aromatic nitrogens is 5. The molecule has 0 aliphatic heterocycles. The van der Waals surface area contributed by atoms with Gasteiger partial charge in [0, 0.05) is 35.8 Å². The molecule has 0 aromatic carbocycles. The first kappa shape index (κ1) is 15.1. The third kappa shape index (κ3) is 2.52. The first-order valence-corrected chi connectivity index (χ1v) is 8.40. The molecule has 0 fully saturated rings. The summed E-state index contributed by atoms with van der Waals surface area (Å²) in [5.74, 6) is 1.08. The number of hydrogen-bond donors (Lipinski definition) is 0. The van der Waals surface area contributed by atoms with Gasteiger partial charge in [-0.15, -0.1) is 0 Å². The van der Waals surface area contributed by atoms with Crippen LogP contribution >= 0.6 is 0 Å². The van der Waals surface area contributed by atoms with Gasteiger partial charge in [0.2, 0.25) is 5.82 Å². The van der Waals surface area contributed by atoms with Crippen LogP contribution in [0.3, 0.4) is 0 Å². The summed E-state index contributed by atoms with van der Waals surface area (Å²) in [5.41, 5.74) is 4.63. The minimum atomic E-state index is 0.314. The van der Waals surface area contributed by atoms with Crippen molar-refractivity contribution in [2.24, 2.45) is 5.41 Å². The van der Waals surface area contributed by atoms with E-state index >= 15 is 0 Å². The minimum absolute atomic E-state index is 0.314. The minimum Gasteiger partial charge on any atom is -0.332 e. The van der Waals surface area contributed by atoms with E-state index in [1.54, 1.807) is 12.4 Å². The highest BCUT2D eigenvalue weighted by molar-refractivity contribution is 5.60. The van der Waals surface area contributed by atoms with E-state index in [1.807, 2.05) is 12.1 Å². The van der Waals surface area contributed by atoms with Crippen molar-refractivity contribution < 1.29 is 4.52 Å². The standard InChI is InChI=1S/C18H21N5O/c1-4-23-14-11-18(2,3)8-5-13(14)15(21-23)17-20-16(22-24-17)12-6-9-19-10-7-12/h6-7,9-10H,4-5,8,11H2,1-3H3. The number of nitrogens with zero attached hydrogens (tertiary/aromatic N) is 5. The molecule has 6 heteroatoms. The Bertz CT molecular complexity index is 863. The zero-order chi connectivity index (χ0) is 16.7. The van der Waals surface area contributed by atoms with Gasteiger partial charge in [0.1, 0.15) is 0 Å². The van der Waals surface area contributed by atoms with Crippen LogP contribution in [-0.4, -0.2) is 24.9 Å². The number of rotatable bonds is 3. The topological polar surface area (TPSA) is 69.6 Å². The second-order valence-corrected chi connectivity index (χ2v) is 7.09. The van der Waals surface area contributed by atoms with Gasteiger partial charge >= 0.3 is 0 Å². The summed E-state index contributed by atoms with van der Waals surface area (Å²) in [6, 6.07) is 3.74. The van der Waals surface area contributed by atoms with Gasteiger partial charge in [-0.25, -0.2) is 0 Å². The van der Waals surface area contributed by atoms with Crippen LogP contribution in [0, 0.1) is 5.41 Å². The molecular weight excluding hydrogens is 302 g/mol. The number of aryl methyl sites for hydroxylation is 1. The highest BCUT2D eigenvalue weighted by atomic mass is 16.5. The predicted molar refractivity (Wildman–Crippen MR) is 90.2 cm³/mol. The Kier molecular flexibility index (Phi) is 3.48. The first-order valence-electron chi connectivity index (χ1n) is 8.40. The Morgan fingerprint density at radius 2 is 2.04 bits per heavy atom. The maximum absolute atomic E-state index is 5.52. The Morgan fingerprint density at radius 3 is 2.79 bits per heavy atom. The molecule has 6 nitrogen and oxygen atoms in total. The van der Waals surface area contributed by atoms with Gasteiger partial charge in [0.15, 0.2) is 5.69 Å². The van der Waals surface area contributed by atoms with Crippen molar-refractivity contribution in [3.63, 3.8) is 0 Å². The van der Waals surface area contributed by atoms with Gasteiger partial charge in [0.05, 0.1) is 0 Å². The van der Waals surface area contributed by atoms with E-state index in [0.29, 0.717) is 17.1 Å². The lowest BCUT2D eigenvalue weighted by molar-refractivity contribution is 0.304. The Balaban J connectivity index is 1.76. The molecule has 0 saturated heterocycles. The third-order valence-corrected chi connectivity index (χ3v) is 4.73. The van der Waals surface area contributed by atoms with Crippen molar-refractivity contribution in [2.75, 3.05) is 0 Å². The Morgan fingerprint density at radius 1 is 1.25 bits per heavy atom. The average molecular weight is 323 g/mol. The van der Waals surface area contributed by atoms with Crippen LogP contribution in [0.1, 0.15) is 38.4 Å². The van der Waals surface area contributed by atoms with Crippen molar-refractivity contribution in [3.8, 4) is 23.0 Å². The van der Waals surface area contributed by atoms with E-state index in [1.165, 1.54) is 11.3 Å². The highest BCUT2D eigenvalue weighted by Gasteiger charge is 2.32. The summed E-state index contributed by atoms with van der Waals surface area (Å²) in [6.45, 7) is 7.60. The van der Waals surface area contributed by atoms with E-state index in [4.69, 9.17) is 9.62 Å². The molecule has 3 heterocycles. The molecule has 0 spiro atoms. The van der Waals surface area contributed by atoms with E-state index in [2.05, 4.69) is 40.6 Å². The molecule has 0 amide bonds. The maximum atomic E-state index is 5.52. The lowest BCUT2D eigenvalue weighted by atomic mass is 9.76. The summed E-state index contributed by atoms with van der Waals surface area (Å²) in [5, 5.41) is 8.87. The maximum Gasteiger partial charge on any atom is 0.279 e. The summed E-state index contributed by atoms with van der Waals surface area (Å²) in [7, 11) is 0. The monoisotopic (exact) mass is 323 g/mol. The van der Waals surface area contributed by atoms with Gasteiger partial charge in [-0.05, 0) is 43.7 Å². The fourth-order valence-electron chi connectivity index (χ4n) is 3.37. The van der Waals surface area contributed by atoms with Crippen LogP contribution in [0.25, 0.3) is 23.0 Å². The highest BCUT2D eigenvalue weighted by Crippen LogP contribution is 2.38. The van der Waals surface area contributed by atoms with Gasteiger partial charge in [-0.3, -0.25) is 9.67 Å². The SMILES string of the molecule is CCn1nc(-c2nc(-c3ccncc3)no2)c2c1CC(C)(C)CC2. The fourth-order valence-corrected chi connectivity index (χ4v) is 3.37. The largest absolute Gasteiger partial charge is 0.332 e. The molecule has 1 aliphatic carbocycles. The molecule has 0 bridgehead atoms. The quantitative estimate of drug-likeness (QED) is 0.737. The second-order valence-electron chi connectivity index (χ2n) is 7.09. The summed E-state index contributed by atoms with van der Waals surface area (Å²) in [6.07, 6.45) is 6.63. The van der Waals surface area contributed by atoms with Crippen LogP contribution in [0.4, 0.5) is 0 Å². The van der Waals surface area contributed by atoms with Crippen LogP contribution in [0.5, 0.6) is 0 Å². The lowest BCUT2D eigenvalue weighted by Gasteiger charge is -2.30. The molecule has 3 aromatic heterocycles. The normalized spacial score (nSPS) is 16.1. The molecule has 0 saturated carbocycles. The van der Waals surface area contributed by atoms with Gasteiger partial charge in [-0.2, -0.15) is 10.1 Å². The molecule has 1 aliphatic rings. The van der Waals surface area contributed by atoms with Gasteiger partial charge in [0.25, 0.3) is 5.89 Å². The average Bonchev–Trinajstić information content (AvgIpc) is 3.19. The zero-order valence-electron chi connectivity index (χ0n) is 14.3. The number of pyridine rings is 1. The lowest BCUT2D eigenvalue weighted by Crippen LogP contribution is -2.24. The van der Waals surface area contributed by atoms with Gasteiger partial charge < -0.3 is 4.52 Å². The molecule has 0 unspecified atom stereocenters. The molecule has 0 atom stereocenters. The molecule has 3 aromatic rings. The van der Waals surface area contributed by atoms with Crippen molar-refractivity contribution in [3.05, 3.63) is 35.8 Å². The fraction of sp³-hybridized carbons (Fsp3) is 0.444. The Labute approximate surface area is 140 Å². The molecule has 124 valence electrons. The Hall–Kier alpha value is -2.50. The van der Waals surface area contributed by atoms with E-state index in [-0.39, 0.29) is 0 Å². The van der Waals surface area contributed by atoms with Crippen LogP contribution in [0.2, 0.25) is 0 Å². The van der Waals surface area contributed by atoms with Crippen LogP contribution in [-0.2, 0) is 19.4 Å². The van der Waals surface area contributed by atoms with E-state index in [0.717, 1.165) is 37.1 Å². The second kappa shape index (κ2) is 5.54. The predicted octanol–water partition coefficient (Wildman–Crippen LogP) is 3.53. The van der Waals surface area contributed by atoms with Crippen LogP contribution in [0.15, 0.2) is 29.0 Å². The van der Waals surface area contributed by atoms with Crippen LogP contribution < -0.4 is 0 Å². The van der Waals surface area contributed by atoms with Crippen molar-refractivity contribution in [1.29, 1.82) is 0 Å². The smallest absolute Gasteiger partial charge is 0.279 e.